The van der Waals surface area contributed by atoms with E-state index in [2.05, 4.69) is 24.5 Å². The van der Waals surface area contributed by atoms with Crippen LogP contribution in [-0.2, 0) is 4.79 Å². The van der Waals surface area contributed by atoms with Crippen LogP contribution in [0.25, 0.3) is 0 Å². The number of rotatable bonds is 4. The van der Waals surface area contributed by atoms with Gasteiger partial charge in [0.05, 0.1) is 0 Å². The molecule has 22 heavy (non-hydrogen) atoms. The van der Waals surface area contributed by atoms with Crippen molar-refractivity contribution in [2.24, 2.45) is 0 Å². The molecule has 2 amide bonds. The Kier molecular flexibility index (Phi) is 5.55. The maximum atomic E-state index is 12.5. The second-order valence-electron chi connectivity index (χ2n) is 6.15. The molecule has 0 saturated carbocycles. The summed E-state index contributed by atoms with van der Waals surface area (Å²) < 4.78 is 0. The van der Waals surface area contributed by atoms with Crippen LogP contribution in [0.1, 0.15) is 44.0 Å². The summed E-state index contributed by atoms with van der Waals surface area (Å²) in [5.41, 5.74) is 1.38. The summed E-state index contributed by atoms with van der Waals surface area (Å²) in [5.74, 6) is -0.0452. The van der Waals surface area contributed by atoms with E-state index in [1.807, 2.05) is 4.90 Å². The molecule has 2 N–H and O–H groups in total. The van der Waals surface area contributed by atoms with Crippen LogP contribution in [0.15, 0.2) is 24.3 Å². The van der Waals surface area contributed by atoms with E-state index in [-0.39, 0.29) is 11.8 Å². The summed E-state index contributed by atoms with van der Waals surface area (Å²) in [7, 11) is 0. The number of piperidine rings is 1. The number of nitrogens with one attached hydrogen (secondary N) is 2. The van der Waals surface area contributed by atoms with Gasteiger partial charge in [-0.05, 0) is 37.1 Å². The molecule has 1 fully saturated rings. The minimum atomic E-state index is -0.112. The standard InChI is InChI=1S/C17H25N3O2/c1-12(2)18-16-8-10-20(11-9-16)17(22)14-4-6-15(7-5-14)19-13(3)21/h4-7,12,16,18H,8-11H2,1-3H3,(H,19,21). The summed E-state index contributed by atoms with van der Waals surface area (Å²) in [6, 6.07) is 8.06. The van der Waals surface area contributed by atoms with Crippen molar-refractivity contribution in [3.8, 4) is 0 Å². The summed E-state index contributed by atoms with van der Waals surface area (Å²) in [6.45, 7) is 7.34. The highest BCUT2D eigenvalue weighted by atomic mass is 16.2. The fourth-order valence-electron chi connectivity index (χ4n) is 2.80. The van der Waals surface area contributed by atoms with Crippen molar-refractivity contribution >= 4 is 17.5 Å². The molecule has 1 aliphatic heterocycles. The van der Waals surface area contributed by atoms with Gasteiger partial charge in [-0.2, -0.15) is 0 Å². The van der Waals surface area contributed by atoms with E-state index < -0.39 is 0 Å². The van der Waals surface area contributed by atoms with Crippen molar-refractivity contribution in [1.29, 1.82) is 0 Å². The molecule has 0 spiro atoms. The Hall–Kier alpha value is -1.88. The van der Waals surface area contributed by atoms with Crippen molar-refractivity contribution < 1.29 is 9.59 Å². The quantitative estimate of drug-likeness (QED) is 0.897. The number of benzene rings is 1. The molecule has 1 aromatic rings. The first kappa shape index (κ1) is 16.5. The third kappa shape index (κ3) is 4.56. The zero-order chi connectivity index (χ0) is 16.1. The zero-order valence-corrected chi connectivity index (χ0v) is 13.6. The molecule has 0 radical (unpaired) electrons. The van der Waals surface area contributed by atoms with Gasteiger partial charge in [0, 0.05) is 43.3 Å². The number of carbonyl (C=O) groups excluding carboxylic acids is 2. The monoisotopic (exact) mass is 303 g/mol. The number of carbonyl (C=O) groups is 2. The minimum absolute atomic E-state index is 0.0670. The summed E-state index contributed by atoms with van der Waals surface area (Å²) in [5, 5.41) is 6.23. The number of anilines is 1. The molecule has 1 saturated heterocycles. The Bertz CT molecular complexity index is 517. The Morgan fingerprint density at radius 2 is 1.73 bits per heavy atom. The lowest BCUT2D eigenvalue weighted by Gasteiger charge is -2.33. The highest BCUT2D eigenvalue weighted by molar-refractivity contribution is 5.95. The number of hydrogen-bond acceptors (Lipinski definition) is 3. The predicted octanol–water partition coefficient (Wildman–Crippen LogP) is 2.25. The van der Waals surface area contributed by atoms with Crippen LogP contribution in [0.5, 0.6) is 0 Å². The number of hydrogen-bond donors (Lipinski definition) is 2. The van der Waals surface area contributed by atoms with Crippen molar-refractivity contribution in [2.45, 2.75) is 45.7 Å². The first-order chi connectivity index (χ1) is 10.5. The van der Waals surface area contributed by atoms with Crippen molar-refractivity contribution in [1.82, 2.24) is 10.2 Å². The molecule has 5 nitrogen and oxygen atoms in total. The van der Waals surface area contributed by atoms with Crippen LogP contribution < -0.4 is 10.6 Å². The molecule has 1 heterocycles. The van der Waals surface area contributed by atoms with Gasteiger partial charge in [0.1, 0.15) is 0 Å². The van der Waals surface area contributed by atoms with E-state index in [1.54, 1.807) is 24.3 Å². The van der Waals surface area contributed by atoms with E-state index >= 15 is 0 Å². The third-order valence-corrected chi connectivity index (χ3v) is 3.80. The van der Waals surface area contributed by atoms with Crippen LogP contribution >= 0.6 is 0 Å². The number of amides is 2. The van der Waals surface area contributed by atoms with Crippen molar-refractivity contribution in [3.05, 3.63) is 29.8 Å². The highest BCUT2D eigenvalue weighted by Crippen LogP contribution is 2.16. The van der Waals surface area contributed by atoms with E-state index in [1.165, 1.54) is 6.92 Å². The van der Waals surface area contributed by atoms with Gasteiger partial charge < -0.3 is 15.5 Å². The Morgan fingerprint density at radius 1 is 1.14 bits per heavy atom. The van der Waals surface area contributed by atoms with Crippen LogP contribution in [0.3, 0.4) is 0 Å². The van der Waals surface area contributed by atoms with Gasteiger partial charge in [0.25, 0.3) is 5.91 Å². The summed E-state index contributed by atoms with van der Waals surface area (Å²) in [6.07, 6.45) is 1.99. The predicted molar refractivity (Wildman–Crippen MR) is 87.9 cm³/mol. The largest absolute Gasteiger partial charge is 0.339 e. The average molecular weight is 303 g/mol. The first-order valence-corrected chi connectivity index (χ1v) is 7.88. The molecular weight excluding hydrogens is 278 g/mol. The Labute approximate surface area is 132 Å². The molecule has 0 bridgehead atoms. The molecule has 5 heteroatoms. The van der Waals surface area contributed by atoms with E-state index in [9.17, 15) is 9.59 Å². The van der Waals surface area contributed by atoms with Gasteiger partial charge in [-0.1, -0.05) is 13.8 Å². The summed E-state index contributed by atoms with van der Waals surface area (Å²) in [4.78, 5) is 25.4. The lowest BCUT2D eigenvalue weighted by Crippen LogP contribution is -2.46. The molecule has 0 unspecified atom stereocenters. The molecule has 0 aromatic heterocycles. The number of likely N-dealkylation sites (tertiary alicyclic amines) is 1. The third-order valence-electron chi connectivity index (χ3n) is 3.80. The SMILES string of the molecule is CC(=O)Nc1ccc(C(=O)N2CCC(NC(C)C)CC2)cc1. The highest BCUT2D eigenvalue weighted by Gasteiger charge is 2.23. The molecule has 120 valence electrons. The second-order valence-corrected chi connectivity index (χ2v) is 6.15. The molecule has 0 atom stereocenters. The molecule has 1 aromatic carbocycles. The topological polar surface area (TPSA) is 61.4 Å². The van der Waals surface area contributed by atoms with Gasteiger partial charge in [-0.3, -0.25) is 9.59 Å². The second kappa shape index (κ2) is 7.40. The van der Waals surface area contributed by atoms with Gasteiger partial charge in [-0.15, -0.1) is 0 Å². The molecule has 0 aliphatic carbocycles. The fourth-order valence-corrected chi connectivity index (χ4v) is 2.80. The molecule has 2 rings (SSSR count). The zero-order valence-electron chi connectivity index (χ0n) is 13.6. The van der Waals surface area contributed by atoms with Gasteiger partial charge in [0.15, 0.2) is 0 Å². The molecular formula is C17H25N3O2. The lowest BCUT2D eigenvalue weighted by molar-refractivity contribution is -0.114. The van der Waals surface area contributed by atoms with Crippen molar-refractivity contribution in [3.63, 3.8) is 0 Å². The van der Waals surface area contributed by atoms with E-state index in [0.29, 0.717) is 23.3 Å². The molecule has 1 aliphatic rings. The average Bonchev–Trinajstić information content (AvgIpc) is 2.47. The van der Waals surface area contributed by atoms with E-state index in [4.69, 9.17) is 0 Å². The fraction of sp³-hybridized carbons (Fsp3) is 0.529. The van der Waals surface area contributed by atoms with Crippen LogP contribution in [-0.4, -0.2) is 41.9 Å². The maximum Gasteiger partial charge on any atom is 0.253 e. The Balaban J connectivity index is 1.91. The lowest BCUT2D eigenvalue weighted by atomic mass is 10.0. The smallest absolute Gasteiger partial charge is 0.253 e. The van der Waals surface area contributed by atoms with Gasteiger partial charge in [0.2, 0.25) is 5.91 Å². The van der Waals surface area contributed by atoms with Gasteiger partial charge in [-0.25, -0.2) is 0 Å². The van der Waals surface area contributed by atoms with E-state index in [0.717, 1.165) is 25.9 Å². The summed E-state index contributed by atoms with van der Waals surface area (Å²) >= 11 is 0. The first-order valence-electron chi connectivity index (χ1n) is 7.88. The Morgan fingerprint density at radius 3 is 2.23 bits per heavy atom. The normalized spacial score (nSPS) is 15.9. The van der Waals surface area contributed by atoms with Crippen molar-refractivity contribution in [2.75, 3.05) is 18.4 Å². The van der Waals surface area contributed by atoms with Gasteiger partial charge >= 0.3 is 0 Å². The minimum Gasteiger partial charge on any atom is -0.339 e. The number of nitrogens with zero attached hydrogens (tertiary/aromatic N) is 1. The van der Waals surface area contributed by atoms with Crippen LogP contribution in [0, 0.1) is 0 Å². The van der Waals surface area contributed by atoms with Crippen LogP contribution in [0.2, 0.25) is 0 Å². The maximum absolute atomic E-state index is 12.5. The van der Waals surface area contributed by atoms with Crippen LogP contribution in [0.4, 0.5) is 5.69 Å².